The molecule has 1 unspecified atom stereocenters. The topological polar surface area (TPSA) is 55.6 Å². The first-order valence-electron chi connectivity index (χ1n) is 7.07. The molecule has 0 bridgehead atoms. The number of halogens is 2. The maximum absolute atomic E-state index is 12.9. The number of rotatable bonds is 5. The average molecular weight is 317 g/mol. The molecular weight excluding hydrogens is 295 g/mol. The first kappa shape index (κ1) is 17.7. The number of benzene rings is 1. The number of hydrogen-bond donors (Lipinski definition) is 1. The van der Waals surface area contributed by atoms with Crippen molar-refractivity contribution in [3.05, 3.63) is 30.1 Å². The van der Waals surface area contributed by atoms with Crippen molar-refractivity contribution in [3.63, 3.8) is 0 Å². The van der Waals surface area contributed by atoms with Crippen LogP contribution in [0.2, 0.25) is 0 Å². The Bertz CT molecular complexity index is 459. The molecule has 1 amide bonds. The van der Waals surface area contributed by atoms with Crippen LogP contribution in [0.1, 0.15) is 25.7 Å². The summed E-state index contributed by atoms with van der Waals surface area (Å²) in [4.78, 5) is 13.8. The lowest BCUT2D eigenvalue weighted by Gasteiger charge is -2.30. The summed E-state index contributed by atoms with van der Waals surface area (Å²) in [5.41, 5.74) is 5.85. The number of ether oxygens (including phenoxy) is 1. The Labute approximate surface area is 130 Å². The summed E-state index contributed by atoms with van der Waals surface area (Å²) in [6.45, 7) is 1.87. The fourth-order valence-electron chi connectivity index (χ4n) is 2.36. The van der Waals surface area contributed by atoms with Gasteiger partial charge in [0.2, 0.25) is 5.91 Å². The van der Waals surface area contributed by atoms with Crippen molar-refractivity contribution < 1.29 is 13.9 Å². The van der Waals surface area contributed by atoms with Crippen LogP contribution in [0, 0.1) is 5.82 Å². The van der Waals surface area contributed by atoms with E-state index in [1.54, 1.807) is 12.1 Å². The molecule has 0 radical (unpaired) electrons. The van der Waals surface area contributed by atoms with Gasteiger partial charge in [0.05, 0.1) is 6.61 Å². The molecule has 6 heteroatoms. The van der Waals surface area contributed by atoms with E-state index in [4.69, 9.17) is 10.5 Å². The monoisotopic (exact) mass is 316 g/mol. The minimum absolute atomic E-state index is 0. The highest BCUT2D eigenvalue weighted by Gasteiger charge is 2.20. The lowest BCUT2D eigenvalue weighted by molar-refractivity contribution is -0.132. The maximum Gasteiger partial charge on any atom is 0.222 e. The Hall–Kier alpha value is -1.33. The van der Waals surface area contributed by atoms with Gasteiger partial charge in [-0.1, -0.05) is 6.07 Å². The smallest absolute Gasteiger partial charge is 0.222 e. The normalized spacial score (nSPS) is 18.0. The fraction of sp³-hybridized carbons (Fsp3) is 0.533. The van der Waals surface area contributed by atoms with Gasteiger partial charge < -0.3 is 15.4 Å². The average Bonchev–Trinajstić information content (AvgIpc) is 2.43. The summed E-state index contributed by atoms with van der Waals surface area (Å²) in [6.07, 6.45) is 3.04. The van der Waals surface area contributed by atoms with E-state index >= 15 is 0 Å². The summed E-state index contributed by atoms with van der Waals surface area (Å²) < 4.78 is 18.3. The van der Waals surface area contributed by atoms with Crippen molar-refractivity contribution in [3.8, 4) is 5.75 Å². The molecule has 1 heterocycles. The van der Waals surface area contributed by atoms with Crippen LogP contribution >= 0.6 is 12.4 Å². The Morgan fingerprint density at radius 1 is 1.48 bits per heavy atom. The maximum atomic E-state index is 12.9. The molecule has 0 aromatic heterocycles. The molecule has 118 valence electrons. The first-order valence-corrected chi connectivity index (χ1v) is 7.07. The molecule has 4 nitrogen and oxygen atoms in total. The van der Waals surface area contributed by atoms with Gasteiger partial charge in [-0.05, 0) is 31.4 Å². The molecule has 0 aliphatic carbocycles. The number of nitrogens with two attached hydrogens (primary N) is 1. The molecule has 1 aliphatic rings. The van der Waals surface area contributed by atoms with Crippen LogP contribution in [-0.2, 0) is 4.79 Å². The molecule has 2 N–H and O–H groups in total. The lowest BCUT2D eigenvalue weighted by Crippen LogP contribution is -2.45. The Balaban J connectivity index is 0.00000220. The molecule has 1 atom stereocenters. The SMILES string of the molecule is Cl.NC1CCCN(C(=O)CCCOc2cccc(F)c2)C1. The van der Waals surface area contributed by atoms with Crippen LogP contribution in [-0.4, -0.2) is 36.5 Å². The predicted octanol–water partition coefficient (Wildman–Crippen LogP) is 2.36. The van der Waals surface area contributed by atoms with Crippen LogP contribution in [0.3, 0.4) is 0 Å². The third-order valence-corrected chi connectivity index (χ3v) is 3.41. The van der Waals surface area contributed by atoms with Crippen molar-refractivity contribution in [1.29, 1.82) is 0 Å². The van der Waals surface area contributed by atoms with Gasteiger partial charge in [0.1, 0.15) is 11.6 Å². The van der Waals surface area contributed by atoms with Crippen molar-refractivity contribution >= 4 is 18.3 Å². The number of carbonyl (C=O) groups excluding carboxylic acids is 1. The number of likely N-dealkylation sites (tertiary alicyclic amines) is 1. The molecule has 1 fully saturated rings. The summed E-state index contributed by atoms with van der Waals surface area (Å²) >= 11 is 0. The van der Waals surface area contributed by atoms with Gasteiger partial charge >= 0.3 is 0 Å². The van der Waals surface area contributed by atoms with E-state index < -0.39 is 0 Å². The largest absolute Gasteiger partial charge is 0.493 e. The van der Waals surface area contributed by atoms with E-state index in [2.05, 4.69) is 0 Å². The van der Waals surface area contributed by atoms with E-state index in [9.17, 15) is 9.18 Å². The minimum Gasteiger partial charge on any atom is -0.493 e. The van der Waals surface area contributed by atoms with Crippen LogP contribution in [0.5, 0.6) is 5.75 Å². The summed E-state index contributed by atoms with van der Waals surface area (Å²) in [5, 5.41) is 0. The second-order valence-corrected chi connectivity index (χ2v) is 5.15. The van der Waals surface area contributed by atoms with Crippen molar-refractivity contribution in [1.82, 2.24) is 4.90 Å². The molecule has 1 saturated heterocycles. The number of amides is 1. The fourth-order valence-corrected chi connectivity index (χ4v) is 2.36. The zero-order valence-corrected chi connectivity index (χ0v) is 12.8. The van der Waals surface area contributed by atoms with E-state index in [1.165, 1.54) is 12.1 Å². The van der Waals surface area contributed by atoms with Gasteiger partial charge in [-0.3, -0.25) is 4.79 Å². The molecule has 2 rings (SSSR count). The molecule has 1 aromatic rings. The molecule has 1 aromatic carbocycles. The van der Waals surface area contributed by atoms with Gasteiger partial charge in [0.25, 0.3) is 0 Å². The Kier molecular flexibility index (Phi) is 7.47. The van der Waals surface area contributed by atoms with Gasteiger partial charge in [-0.2, -0.15) is 0 Å². The second kappa shape index (κ2) is 8.85. The van der Waals surface area contributed by atoms with Crippen LogP contribution < -0.4 is 10.5 Å². The highest BCUT2D eigenvalue weighted by Crippen LogP contribution is 2.13. The van der Waals surface area contributed by atoms with Crippen molar-refractivity contribution in [2.24, 2.45) is 5.73 Å². The minimum atomic E-state index is -0.319. The molecule has 0 saturated carbocycles. The van der Waals surface area contributed by atoms with Gasteiger partial charge in [-0.25, -0.2) is 4.39 Å². The number of hydrogen-bond acceptors (Lipinski definition) is 3. The zero-order valence-electron chi connectivity index (χ0n) is 12.0. The third-order valence-electron chi connectivity index (χ3n) is 3.41. The van der Waals surface area contributed by atoms with Crippen LogP contribution in [0.25, 0.3) is 0 Å². The molecule has 1 aliphatic heterocycles. The predicted molar refractivity (Wildman–Crippen MR) is 82.2 cm³/mol. The molecule has 0 spiro atoms. The van der Waals surface area contributed by atoms with E-state index in [1.807, 2.05) is 4.90 Å². The van der Waals surface area contributed by atoms with Crippen molar-refractivity contribution in [2.75, 3.05) is 19.7 Å². The van der Waals surface area contributed by atoms with Gasteiger partial charge in [-0.15, -0.1) is 12.4 Å². The summed E-state index contributed by atoms with van der Waals surface area (Å²) in [6, 6.07) is 6.12. The summed E-state index contributed by atoms with van der Waals surface area (Å²) in [7, 11) is 0. The van der Waals surface area contributed by atoms with E-state index in [-0.39, 0.29) is 30.2 Å². The Morgan fingerprint density at radius 3 is 3.00 bits per heavy atom. The second-order valence-electron chi connectivity index (χ2n) is 5.15. The number of nitrogens with zero attached hydrogens (tertiary/aromatic N) is 1. The highest BCUT2D eigenvalue weighted by molar-refractivity contribution is 5.85. The lowest BCUT2D eigenvalue weighted by atomic mass is 10.1. The van der Waals surface area contributed by atoms with E-state index in [0.29, 0.717) is 31.7 Å². The molecule has 21 heavy (non-hydrogen) atoms. The van der Waals surface area contributed by atoms with Gasteiger partial charge in [0, 0.05) is 31.6 Å². The molecular formula is C15H22ClFN2O2. The van der Waals surface area contributed by atoms with E-state index in [0.717, 1.165) is 19.4 Å². The highest BCUT2D eigenvalue weighted by atomic mass is 35.5. The van der Waals surface area contributed by atoms with Crippen LogP contribution in [0.15, 0.2) is 24.3 Å². The Morgan fingerprint density at radius 2 is 2.29 bits per heavy atom. The number of piperidine rings is 1. The van der Waals surface area contributed by atoms with Gasteiger partial charge in [0.15, 0.2) is 0 Å². The first-order chi connectivity index (χ1) is 9.65. The third kappa shape index (κ3) is 5.89. The number of carbonyl (C=O) groups is 1. The summed E-state index contributed by atoms with van der Waals surface area (Å²) in [5.74, 6) is 0.307. The quantitative estimate of drug-likeness (QED) is 0.848. The van der Waals surface area contributed by atoms with Crippen LogP contribution in [0.4, 0.5) is 4.39 Å². The zero-order chi connectivity index (χ0) is 14.4. The van der Waals surface area contributed by atoms with Crippen molar-refractivity contribution in [2.45, 2.75) is 31.7 Å². The standard InChI is InChI=1S/C15H21FN2O2.ClH/c16-12-4-1-6-14(10-12)20-9-3-7-15(19)18-8-2-5-13(17)11-18;/h1,4,6,10,13H,2-3,5,7-9,11,17H2;1H.